The molecule has 3 aromatic carbocycles. The molecule has 0 radical (unpaired) electrons. The third-order valence-electron chi connectivity index (χ3n) is 5.66. The maximum Gasteiger partial charge on any atom is 0.294 e. The molecule has 3 aromatic rings. The highest BCUT2D eigenvalue weighted by atomic mass is 32.2. The molecule has 190 valence electrons. The molecule has 1 aliphatic rings. The van der Waals surface area contributed by atoms with Crippen LogP contribution in [-0.2, 0) is 9.59 Å². The number of imide groups is 1. The van der Waals surface area contributed by atoms with Gasteiger partial charge < -0.3 is 14.8 Å². The molecule has 1 aliphatic heterocycles. The lowest BCUT2D eigenvalue weighted by atomic mass is 10.1. The lowest BCUT2D eigenvalue weighted by Gasteiger charge is -2.15. The van der Waals surface area contributed by atoms with Gasteiger partial charge in [-0.3, -0.25) is 19.3 Å². The predicted octanol–water partition coefficient (Wildman–Crippen LogP) is 5.74. The zero-order valence-corrected chi connectivity index (χ0v) is 21.8. The van der Waals surface area contributed by atoms with Crippen molar-refractivity contribution in [2.45, 2.75) is 20.8 Å². The SMILES string of the molecule is Cc1cc(C)c(NC(=O)CN2C(=O)S/C(=C/c3ccc(OCCOc4ccccc4)cc3)C2=O)c(C)c1. The number of hydrogen-bond donors (Lipinski definition) is 1. The minimum absolute atomic E-state index is 0.269. The van der Waals surface area contributed by atoms with Crippen LogP contribution < -0.4 is 14.8 Å². The van der Waals surface area contributed by atoms with E-state index in [-0.39, 0.29) is 11.4 Å². The Bertz CT molecular complexity index is 1310. The highest BCUT2D eigenvalue weighted by Gasteiger charge is 2.36. The van der Waals surface area contributed by atoms with Crippen molar-refractivity contribution in [2.24, 2.45) is 0 Å². The van der Waals surface area contributed by atoms with Crippen molar-refractivity contribution in [2.75, 3.05) is 25.1 Å². The number of nitrogens with zero attached hydrogens (tertiary/aromatic N) is 1. The molecular weight excluding hydrogens is 488 g/mol. The summed E-state index contributed by atoms with van der Waals surface area (Å²) >= 11 is 0.823. The Morgan fingerprint density at radius 1 is 0.892 bits per heavy atom. The molecule has 0 spiro atoms. The molecule has 0 aromatic heterocycles. The van der Waals surface area contributed by atoms with Gasteiger partial charge in [-0.15, -0.1) is 0 Å². The van der Waals surface area contributed by atoms with E-state index in [0.717, 1.165) is 44.7 Å². The quantitative estimate of drug-likeness (QED) is 0.288. The third-order valence-corrected chi connectivity index (χ3v) is 6.57. The first kappa shape index (κ1) is 26.0. The topological polar surface area (TPSA) is 84.9 Å². The first-order chi connectivity index (χ1) is 17.8. The van der Waals surface area contributed by atoms with Crippen LogP contribution >= 0.6 is 11.8 Å². The van der Waals surface area contributed by atoms with E-state index in [0.29, 0.717) is 24.7 Å². The maximum absolute atomic E-state index is 12.8. The van der Waals surface area contributed by atoms with E-state index >= 15 is 0 Å². The van der Waals surface area contributed by atoms with Crippen LogP contribution in [0.4, 0.5) is 10.5 Å². The Hall–Kier alpha value is -4.04. The molecule has 1 fully saturated rings. The molecular formula is C29H28N2O5S. The molecule has 0 atom stereocenters. The standard InChI is InChI=1S/C29H28N2O5S/c1-19-15-20(2)27(21(3)16-19)30-26(32)18-31-28(33)25(37-29(31)34)17-22-9-11-24(12-10-22)36-14-13-35-23-7-5-4-6-8-23/h4-12,15-17H,13-14,18H2,1-3H3,(H,30,32)/b25-17+. The Balaban J connectivity index is 1.31. The minimum atomic E-state index is -0.485. The summed E-state index contributed by atoms with van der Waals surface area (Å²) in [6.45, 7) is 6.26. The molecule has 0 aliphatic carbocycles. The molecule has 0 bridgehead atoms. The van der Waals surface area contributed by atoms with Crippen molar-refractivity contribution >= 4 is 40.6 Å². The Kier molecular flexibility index (Phi) is 8.30. The fourth-order valence-corrected chi connectivity index (χ4v) is 4.82. The number of carbonyl (C=O) groups excluding carboxylic acids is 3. The number of ether oxygens (including phenoxy) is 2. The number of anilines is 1. The fourth-order valence-electron chi connectivity index (χ4n) is 3.98. The number of benzene rings is 3. The predicted molar refractivity (Wildman–Crippen MR) is 146 cm³/mol. The third kappa shape index (κ3) is 6.80. The molecule has 1 saturated heterocycles. The van der Waals surface area contributed by atoms with E-state index in [1.165, 1.54) is 0 Å². The summed E-state index contributed by atoms with van der Waals surface area (Å²) < 4.78 is 11.3. The molecule has 1 N–H and O–H groups in total. The highest BCUT2D eigenvalue weighted by Crippen LogP contribution is 2.32. The van der Waals surface area contributed by atoms with E-state index in [1.807, 2.05) is 63.2 Å². The van der Waals surface area contributed by atoms with Crippen LogP contribution in [0, 0.1) is 20.8 Å². The zero-order valence-electron chi connectivity index (χ0n) is 20.9. The first-order valence-electron chi connectivity index (χ1n) is 11.8. The van der Waals surface area contributed by atoms with Crippen molar-refractivity contribution in [3.63, 3.8) is 0 Å². The number of carbonyl (C=O) groups is 3. The molecule has 4 rings (SSSR count). The lowest BCUT2D eigenvalue weighted by Crippen LogP contribution is -2.36. The van der Waals surface area contributed by atoms with Crippen LogP contribution in [0.5, 0.6) is 11.5 Å². The van der Waals surface area contributed by atoms with Crippen LogP contribution in [0.2, 0.25) is 0 Å². The van der Waals surface area contributed by atoms with E-state index in [4.69, 9.17) is 9.47 Å². The Morgan fingerprint density at radius 3 is 2.11 bits per heavy atom. The molecule has 0 saturated carbocycles. The summed E-state index contributed by atoms with van der Waals surface area (Å²) in [7, 11) is 0. The zero-order chi connectivity index (χ0) is 26.4. The summed E-state index contributed by atoms with van der Waals surface area (Å²) in [6, 6.07) is 20.6. The van der Waals surface area contributed by atoms with Gasteiger partial charge in [0.1, 0.15) is 31.3 Å². The number of nitrogens with one attached hydrogen (secondary N) is 1. The van der Waals surface area contributed by atoms with Crippen molar-refractivity contribution in [1.82, 2.24) is 4.90 Å². The summed E-state index contributed by atoms with van der Waals surface area (Å²) in [4.78, 5) is 39.2. The molecule has 8 heteroatoms. The first-order valence-corrected chi connectivity index (χ1v) is 12.7. The van der Waals surface area contributed by atoms with Gasteiger partial charge in [0.25, 0.3) is 11.1 Å². The molecule has 37 heavy (non-hydrogen) atoms. The van der Waals surface area contributed by atoms with Crippen LogP contribution in [0.25, 0.3) is 6.08 Å². The minimum Gasteiger partial charge on any atom is -0.490 e. The summed E-state index contributed by atoms with van der Waals surface area (Å²) in [5, 5.41) is 2.37. The molecule has 3 amide bonds. The average Bonchev–Trinajstić information content (AvgIpc) is 3.13. The number of amides is 3. The van der Waals surface area contributed by atoms with Gasteiger partial charge in [0.15, 0.2) is 0 Å². The number of para-hydroxylation sites is 1. The molecule has 0 unspecified atom stereocenters. The maximum atomic E-state index is 12.8. The van der Waals surface area contributed by atoms with Crippen LogP contribution in [-0.4, -0.2) is 41.7 Å². The fraction of sp³-hybridized carbons (Fsp3) is 0.207. The number of hydrogen-bond acceptors (Lipinski definition) is 6. The van der Waals surface area contributed by atoms with Crippen molar-refractivity contribution < 1.29 is 23.9 Å². The number of aryl methyl sites for hydroxylation is 3. The summed E-state index contributed by atoms with van der Waals surface area (Å²) in [5.41, 5.74) is 4.40. The summed E-state index contributed by atoms with van der Waals surface area (Å²) in [6.07, 6.45) is 1.64. The molecule has 7 nitrogen and oxygen atoms in total. The Morgan fingerprint density at radius 2 is 1.49 bits per heavy atom. The van der Waals surface area contributed by atoms with Crippen molar-refractivity contribution in [1.29, 1.82) is 0 Å². The van der Waals surface area contributed by atoms with Gasteiger partial charge in [0.05, 0.1) is 4.91 Å². The second kappa shape index (κ2) is 11.8. The van der Waals surface area contributed by atoms with Gasteiger partial charge in [-0.25, -0.2) is 0 Å². The normalized spacial score (nSPS) is 14.2. The number of thioether (sulfide) groups is 1. The second-order valence-corrected chi connectivity index (χ2v) is 9.66. The van der Waals surface area contributed by atoms with E-state index in [9.17, 15) is 14.4 Å². The smallest absolute Gasteiger partial charge is 0.294 e. The van der Waals surface area contributed by atoms with Crippen LogP contribution in [0.1, 0.15) is 22.3 Å². The van der Waals surface area contributed by atoms with E-state index < -0.39 is 17.1 Å². The molecule has 1 heterocycles. The van der Waals surface area contributed by atoms with Gasteiger partial charge >= 0.3 is 0 Å². The van der Waals surface area contributed by atoms with E-state index in [2.05, 4.69) is 5.32 Å². The van der Waals surface area contributed by atoms with Gasteiger partial charge in [0.2, 0.25) is 5.91 Å². The van der Waals surface area contributed by atoms with Crippen molar-refractivity contribution in [3.8, 4) is 11.5 Å². The number of rotatable bonds is 9. The average molecular weight is 517 g/mol. The van der Waals surface area contributed by atoms with Crippen LogP contribution in [0.3, 0.4) is 0 Å². The van der Waals surface area contributed by atoms with E-state index in [1.54, 1.807) is 30.3 Å². The van der Waals surface area contributed by atoms with Crippen molar-refractivity contribution in [3.05, 3.63) is 93.9 Å². The van der Waals surface area contributed by atoms with Gasteiger partial charge in [-0.1, -0.05) is 48.0 Å². The van der Waals surface area contributed by atoms with Crippen LogP contribution in [0.15, 0.2) is 71.6 Å². The highest BCUT2D eigenvalue weighted by molar-refractivity contribution is 8.18. The lowest BCUT2D eigenvalue weighted by molar-refractivity contribution is -0.127. The largest absolute Gasteiger partial charge is 0.490 e. The van der Waals surface area contributed by atoms with Gasteiger partial charge in [-0.05, 0) is 79.6 Å². The van der Waals surface area contributed by atoms with Gasteiger partial charge in [0, 0.05) is 5.69 Å². The second-order valence-electron chi connectivity index (χ2n) is 8.67. The summed E-state index contributed by atoms with van der Waals surface area (Å²) in [5.74, 6) is 0.547. The monoisotopic (exact) mass is 516 g/mol. The Labute approximate surface area is 220 Å². The van der Waals surface area contributed by atoms with Gasteiger partial charge in [-0.2, -0.15) is 0 Å².